The molecule has 0 fully saturated rings. The molecule has 23 heavy (non-hydrogen) atoms. The lowest BCUT2D eigenvalue weighted by atomic mass is 10.0. The summed E-state index contributed by atoms with van der Waals surface area (Å²) in [5, 5.41) is 8.91. The van der Waals surface area contributed by atoms with Gasteiger partial charge in [0.25, 0.3) is 5.91 Å². The van der Waals surface area contributed by atoms with E-state index in [2.05, 4.69) is 38.8 Å². The van der Waals surface area contributed by atoms with Gasteiger partial charge in [0.1, 0.15) is 6.04 Å². The third-order valence-corrected chi connectivity index (χ3v) is 4.07. The van der Waals surface area contributed by atoms with E-state index in [9.17, 15) is 9.59 Å². The number of halogens is 1. The van der Waals surface area contributed by atoms with Crippen LogP contribution in [0.4, 0.5) is 0 Å². The molecule has 1 unspecified atom stereocenters. The molecule has 0 bridgehead atoms. The lowest BCUT2D eigenvalue weighted by molar-refractivity contribution is -0.123. The molecule has 0 aliphatic heterocycles. The molecule has 1 rings (SSSR count). The maximum absolute atomic E-state index is 12.4. The monoisotopic (exact) mass is 383 g/mol. The second-order valence-corrected chi connectivity index (χ2v) is 6.57. The largest absolute Gasteiger partial charge is 0.353 e. The van der Waals surface area contributed by atoms with Crippen molar-refractivity contribution in [3.8, 4) is 0 Å². The molecule has 1 atom stereocenters. The fourth-order valence-electron chi connectivity index (χ4n) is 2.09. The second kappa shape index (κ2) is 10.4. The Kier molecular flexibility index (Phi) is 8.87. The van der Waals surface area contributed by atoms with Crippen molar-refractivity contribution in [2.24, 2.45) is 5.92 Å². The van der Waals surface area contributed by atoms with Crippen LogP contribution in [-0.4, -0.2) is 37.5 Å². The summed E-state index contributed by atoms with van der Waals surface area (Å²) in [4.78, 5) is 24.7. The quantitative estimate of drug-likeness (QED) is 0.573. The molecule has 6 heteroatoms. The van der Waals surface area contributed by atoms with Crippen LogP contribution in [0, 0.1) is 5.92 Å². The van der Waals surface area contributed by atoms with Gasteiger partial charge in [0.15, 0.2) is 0 Å². The highest BCUT2D eigenvalue weighted by atomic mass is 79.9. The van der Waals surface area contributed by atoms with Crippen molar-refractivity contribution >= 4 is 27.7 Å². The highest BCUT2D eigenvalue weighted by Gasteiger charge is 2.24. The molecular formula is C17H26BrN3O2. The van der Waals surface area contributed by atoms with Crippen molar-refractivity contribution in [2.75, 3.05) is 19.6 Å². The molecule has 5 nitrogen and oxygen atoms in total. The van der Waals surface area contributed by atoms with E-state index in [1.54, 1.807) is 18.2 Å². The molecule has 0 aliphatic rings. The third kappa shape index (κ3) is 6.71. The average molecular weight is 384 g/mol. The Morgan fingerprint density at radius 2 is 1.83 bits per heavy atom. The number of hydrogen-bond acceptors (Lipinski definition) is 3. The number of hydrogen-bond donors (Lipinski definition) is 3. The van der Waals surface area contributed by atoms with Crippen LogP contribution >= 0.6 is 15.9 Å². The van der Waals surface area contributed by atoms with Gasteiger partial charge in [-0.25, -0.2) is 0 Å². The Labute approximate surface area is 146 Å². The average Bonchev–Trinajstić information content (AvgIpc) is 2.52. The molecule has 0 heterocycles. The van der Waals surface area contributed by atoms with Crippen LogP contribution in [0.15, 0.2) is 28.7 Å². The van der Waals surface area contributed by atoms with Gasteiger partial charge in [0, 0.05) is 17.6 Å². The van der Waals surface area contributed by atoms with Gasteiger partial charge in [0.05, 0.1) is 5.56 Å². The Bertz CT molecular complexity index is 520. The molecule has 0 radical (unpaired) electrons. The van der Waals surface area contributed by atoms with E-state index >= 15 is 0 Å². The first-order valence-electron chi connectivity index (χ1n) is 8.01. The lowest BCUT2D eigenvalue weighted by Gasteiger charge is -2.22. The van der Waals surface area contributed by atoms with Crippen molar-refractivity contribution in [1.82, 2.24) is 16.0 Å². The predicted octanol–water partition coefficient (Wildman–Crippen LogP) is 2.32. The van der Waals surface area contributed by atoms with E-state index in [1.807, 2.05) is 19.9 Å². The molecule has 2 amide bonds. The Hall–Kier alpha value is -1.40. The number of nitrogens with one attached hydrogen (secondary N) is 3. The molecule has 0 aliphatic carbocycles. The summed E-state index contributed by atoms with van der Waals surface area (Å²) in [6.45, 7) is 8.13. The van der Waals surface area contributed by atoms with Crippen molar-refractivity contribution in [2.45, 2.75) is 33.2 Å². The summed E-state index contributed by atoms with van der Waals surface area (Å²) < 4.78 is 0.712. The Morgan fingerprint density at radius 1 is 1.13 bits per heavy atom. The fourth-order valence-corrected chi connectivity index (χ4v) is 2.55. The number of carbonyl (C=O) groups excluding carboxylic acids is 2. The van der Waals surface area contributed by atoms with E-state index in [0.717, 1.165) is 19.5 Å². The Balaban J connectivity index is 2.59. The van der Waals surface area contributed by atoms with Gasteiger partial charge in [-0.1, -0.05) is 32.9 Å². The molecule has 1 aromatic carbocycles. The smallest absolute Gasteiger partial charge is 0.253 e. The van der Waals surface area contributed by atoms with Gasteiger partial charge < -0.3 is 16.0 Å². The van der Waals surface area contributed by atoms with E-state index in [4.69, 9.17) is 0 Å². The van der Waals surface area contributed by atoms with Crippen LogP contribution in [-0.2, 0) is 4.79 Å². The van der Waals surface area contributed by atoms with Crippen molar-refractivity contribution in [3.05, 3.63) is 34.3 Å². The third-order valence-electron chi connectivity index (χ3n) is 3.38. The fraction of sp³-hybridized carbons (Fsp3) is 0.529. The molecule has 1 aromatic rings. The van der Waals surface area contributed by atoms with Crippen LogP contribution < -0.4 is 16.0 Å². The highest BCUT2D eigenvalue weighted by molar-refractivity contribution is 9.10. The minimum absolute atomic E-state index is 0.00467. The first-order valence-corrected chi connectivity index (χ1v) is 8.80. The number of carbonyl (C=O) groups is 2. The molecule has 0 saturated heterocycles. The highest BCUT2D eigenvalue weighted by Crippen LogP contribution is 2.16. The molecule has 0 aromatic heterocycles. The van der Waals surface area contributed by atoms with Crippen LogP contribution in [0.5, 0.6) is 0 Å². The molecule has 128 valence electrons. The zero-order valence-corrected chi connectivity index (χ0v) is 15.6. The van der Waals surface area contributed by atoms with Gasteiger partial charge in [-0.2, -0.15) is 0 Å². The van der Waals surface area contributed by atoms with Crippen LogP contribution in [0.1, 0.15) is 37.6 Å². The van der Waals surface area contributed by atoms with Crippen molar-refractivity contribution < 1.29 is 9.59 Å². The first kappa shape index (κ1) is 19.6. The minimum atomic E-state index is -0.555. The lowest BCUT2D eigenvalue weighted by Crippen LogP contribution is -2.50. The number of rotatable bonds is 9. The maximum atomic E-state index is 12.4. The van der Waals surface area contributed by atoms with Gasteiger partial charge in [-0.05, 0) is 46.9 Å². The SMILES string of the molecule is CCCNCCNC(=O)C(NC(=O)c1ccccc1Br)C(C)C. The summed E-state index contributed by atoms with van der Waals surface area (Å²) >= 11 is 3.36. The molecular weight excluding hydrogens is 358 g/mol. The van der Waals surface area contributed by atoms with E-state index < -0.39 is 6.04 Å². The minimum Gasteiger partial charge on any atom is -0.353 e. The summed E-state index contributed by atoms with van der Waals surface area (Å²) in [5.41, 5.74) is 0.524. The molecule has 0 saturated carbocycles. The summed E-state index contributed by atoms with van der Waals surface area (Å²) in [6, 6.07) is 6.61. The van der Waals surface area contributed by atoms with Gasteiger partial charge in [0.2, 0.25) is 5.91 Å². The van der Waals surface area contributed by atoms with E-state index in [1.165, 1.54) is 0 Å². The van der Waals surface area contributed by atoms with Crippen LogP contribution in [0.3, 0.4) is 0 Å². The van der Waals surface area contributed by atoms with Crippen LogP contribution in [0.2, 0.25) is 0 Å². The van der Waals surface area contributed by atoms with E-state index in [0.29, 0.717) is 16.6 Å². The number of benzene rings is 1. The summed E-state index contributed by atoms with van der Waals surface area (Å²) in [5.74, 6) is -0.404. The first-order chi connectivity index (χ1) is 11.0. The zero-order chi connectivity index (χ0) is 17.2. The van der Waals surface area contributed by atoms with Crippen molar-refractivity contribution in [3.63, 3.8) is 0 Å². The van der Waals surface area contributed by atoms with E-state index in [-0.39, 0.29) is 17.7 Å². The van der Waals surface area contributed by atoms with Crippen LogP contribution in [0.25, 0.3) is 0 Å². The van der Waals surface area contributed by atoms with Gasteiger partial charge >= 0.3 is 0 Å². The Morgan fingerprint density at radius 3 is 2.43 bits per heavy atom. The number of amides is 2. The topological polar surface area (TPSA) is 70.2 Å². The summed E-state index contributed by atoms with van der Waals surface area (Å²) in [7, 11) is 0. The molecule has 3 N–H and O–H groups in total. The standard InChI is InChI=1S/C17H26BrN3O2/c1-4-9-19-10-11-20-17(23)15(12(2)3)21-16(22)13-7-5-6-8-14(13)18/h5-8,12,15,19H,4,9-11H2,1-3H3,(H,20,23)(H,21,22). The second-order valence-electron chi connectivity index (χ2n) is 5.72. The predicted molar refractivity (Wildman–Crippen MR) is 96.4 cm³/mol. The van der Waals surface area contributed by atoms with Crippen molar-refractivity contribution in [1.29, 1.82) is 0 Å². The summed E-state index contributed by atoms with van der Waals surface area (Å²) in [6.07, 6.45) is 1.06. The van der Waals surface area contributed by atoms with Gasteiger partial charge in [-0.15, -0.1) is 0 Å². The molecule has 0 spiro atoms. The normalized spacial score (nSPS) is 12.0. The van der Waals surface area contributed by atoms with Gasteiger partial charge in [-0.3, -0.25) is 9.59 Å². The maximum Gasteiger partial charge on any atom is 0.253 e. The zero-order valence-electron chi connectivity index (χ0n) is 14.0.